The second-order valence-corrected chi connectivity index (χ2v) is 8.52. The van der Waals surface area contributed by atoms with Crippen LogP contribution in [0.15, 0.2) is 110 Å². The molecular formula is C24H22N2O2S2. The lowest BCUT2D eigenvalue weighted by Gasteiger charge is -2.07. The third-order valence-corrected chi connectivity index (χ3v) is 5.91. The molecule has 152 valence electrons. The van der Waals surface area contributed by atoms with Crippen LogP contribution in [0, 0.1) is 0 Å². The van der Waals surface area contributed by atoms with E-state index in [1.54, 1.807) is 35.8 Å². The summed E-state index contributed by atoms with van der Waals surface area (Å²) in [6.07, 6.45) is 3.18. The summed E-state index contributed by atoms with van der Waals surface area (Å²) in [4.78, 5) is 14.6. The van der Waals surface area contributed by atoms with Gasteiger partial charge in [-0.1, -0.05) is 59.9 Å². The van der Waals surface area contributed by atoms with Gasteiger partial charge in [0.15, 0.2) is 0 Å². The van der Waals surface area contributed by atoms with Gasteiger partial charge in [-0.3, -0.25) is 4.79 Å². The highest BCUT2D eigenvalue weighted by Crippen LogP contribution is 2.38. The summed E-state index contributed by atoms with van der Waals surface area (Å²) in [6.45, 7) is 2.57. The summed E-state index contributed by atoms with van der Waals surface area (Å²) in [5.74, 6) is 0.529. The molecule has 1 amide bonds. The van der Waals surface area contributed by atoms with Crippen LogP contribution in [0.25, 0.3) is 0 Å². The summed E-state index contributed by atoms with van der Waals surface area (Å²) in [7, 11) is 0. The number of amides is 1. The first kappa shape index (κ1) is 21.7. The molecular weight excluding hydrogens is 412 g/mol. The molecule has 0 aliphatic carbocycles. The molecule has 3 rings (SSSR count). The number of hydrazone groups is 1. The molecule has 0 fully saturated rings. The second kappa shape index (κ2) is 11.9. The summed E-state index contributed by atoms with van der Waals surface area (Å²) in [5, 5.41) is 4.06. The Hall–Kier alpha value is -2.96. The Bertz CT molecular complexity index is 945. The molecule has 0 aliphatic rings. The first-order chi connectivity index (χ1) is 14.7. The number of benzene rings is 3. The standard InChI is InChI=1S/C24H22N2O2S2/c1-2-28-20-15-13-19(14-16-20)18-25-26-23(27)17-24(29-21-9-5-3-6-10-21)30-22-11-7-4-8-12-22/h3-18H,2H2,1H3,(H,26,27)/b25-18+. The van der Waals surface area contributed by atoms with E-state index < -0.39 is 0 Å². The maximum Gasteiger partial charge on any atom is 0.265 e. The zero-order chi connectivity index (χ0) is 21.0. The van der Waals surface area contributed by atoms with Crippen LogP contribution in [0.1, 0.15) is 12.5 Å². The average molecular weight is 435 g/mol. The number of thioether (sulfide) groups is 2. The molecule has 0 spiro atoms. The van der Waals surface area contributed by atoms with Gasteiger partial charge in [0, 0.05) is 15.9 Å². The van der Waals surface area contributed by atoms with Crippen molar-refractivity contribution in [2.45, 2.75) is 16.7 Å². The summed E-state index contributed by atoms with van der Waals surface area (Å²) in [6, 6.07) is 27.5. The number of ether oxygens (including phenoxy) is 1. The largest absolute Gasteiger partial charge is 0.494 e. The number of carbonyl (C=O) groups is 1. The van der Waals surface area contributed by atoms with Crippen molar-refractivity contribution in [1.29, 1.82) is 0 Å². The van der Waals surface area contributed by atoms with Gasteiger partial charge in [-0.15, -0.1) is 0 Å². The Morgan fingerprint density at radius 2 is 1.47 bits per heavy atom. The van der Waals surface area contributed by atoms with Crippen molar-refractivity contribution < 1.29 is 9.53 Å². The van der Waals surface area contributed by atoms with Crippen molar-refractivity contribution in [3.05, 3.63) is 101 Å². The average Bonchev–Trinajstić information content (AvgIpc) is 2.76. The van der Waals surface area contributed by atoms with Crippen molar-refractivity contribution in [2.75, 3.05) is 6.61 Å². The SMILES string of the molecule is CCOc1ccc(/C=N/NC(=O)C=C(Sc2ccccc2)Sc2ccccc2)cc1. The molecule has 0 saturated heterocycles. The van der Waals surface area contributed by atoms with Gasteiger partial charge >= 0.3 is 0 Å². The van der Waals surface area contributed by atoms with Gasteiger partial charge in [-0.2, -0.15) is 5.10 Å². The van der Waals surface area contributed by atoms with E-state index in [9.17, 15) is 4.79 Å². The van der Waals surface area contributed by atoms with E-state index in [0.717, 1.165) is 25.3 Å². The zero-order valence-corrected chi connectivity index (χ0v) is 18.2. The highest BCUT2D eigenvalue weighted by molar-refractivity contribution is 8.22. The number of nitrogens with zero attached hydrogens (tertiary/aromatic N) is 1. The van der Waals surface area contributed by atoms with Gasteiger partial charge in [0.25, 0.3) is 5.91 Å². The Morgan fingerprint density at radius 1 is 0.900 bits per heavy atom. The highest BCUT2D eigenvalue weighted by Gasteiger charge is 2.07. The molecule has 0 saturated carbocycles. The topological polar surface area (TPSA) is 50.7 Å². The molecule has 6 heteroatoms. The minimum absolute atomic E-state index is 0.279. The molecule has 0 radical (unpaired) electrons. The smallest absolute Gasteiger partial charge is 0.265 e. The van der Waals surface area contributed by atoms with E-state index >= 15 is 0 Å². The van der Waals surface area contributed by atoms with Crippen molar-refractivity contribution in [1.82, 2.24) is 5.43 Å². The lowest BCUT2D eigenvalue weighted by Crippen LogP contribution is -2.14. The number of hydrogen-bond acceptors (Lipinski definition) is 5. The maximum absolute atomic E-state index is 12.4. The molecule has 1 N–H and O–H groups in total. The molecule has 3 aromatic rings. The van der Waals surface area contributed by atoms with Crippen LogP contribution in [0.4, 0.5) is 0 Å². The lowest BCUT2D eigenvalue weighted by molar-refractivity contribution is -0.116. The van der Waals surface area contributed by atoms with Crippen molar-refractivity contribution in [3.8, 4) is 5.75 Å². The van der Waals surface area contributed by atoms with E-state index in [1.807, 2.05) is 91.9 Å². The predicted octanol–water partition coefficient (Wildman–Crippen LogP) is 5.96. The second-order valence-electron chi connectivity index (χ2n) is 6.03. The normalized spacial score (nSPS) is 10.6. The van der Waals surface area contributed by atoms with Crippen molar-refractivity contribution in [2.24, 2.45) is 5.10 Å². The van der Waals surface area contributed by atoms with Crippen molar-refractivity contribution >= 4 is 35.6 Å². The molecule has 0 aromatic heterocycles. The molecule has 3 aromatic carbocycles. The molecule has 0 unspecified atom stereocenters. The van der Waals surface area contributed by atoms with Gasteiger partial charge in [0.05, 0.1) is 17.1 Å². The van der Waals surface area contributed by atoms with Gasteiger partial charge < -0.3 is 4.74 Å². The summed E-state index contributed by atoms with van der Waals surface area (Å²) < 4.78 is 6.28. The quantitative estimate of drug-likeness (QED) is 0.195. The van der Waals surface area contributed by atoms with E-state index in [1.165, 1.54) is 0 Å². The van der Waals surface area contributed by atoms with Crippen molar-refractivity contribution in [3.63, 3.8) is 0 Å². The number of hydrogen-bond donors (Lipinski definition) is 1. The van der Waals surface area contributed by atoms with Gasteiger partial charge in [0.2, 0.25) is 0 Å². The number of rotatable bonds is 9. The Kier molecular flexibility index (Phi) is 8.62. The maximum atomic E-state index is 12.4. The van der Waals surface area contributed by atoms with Crippen LogP contribution in [0.2, 0.25) is 0 Å². The third-order valence-electron chi connectivity index (χ3n) is 3.75. The van der Waals surface area contributed by atoms with E-state index in [0.29, 0.717) is 6.61 Å². The Labute approximate surface area is 185 Å². The molecule has 0 bridgehead atoms. The van der Waals surface area contributed by atoms with Crippen LogP contribution in [-0.2, 0) is 4.79 Å². The van der Waals surface area contributed by atoms with Crippen LogP contribution < -0.4 is 10.2 Å². The third kappa shape index (κ3) is 7.46. The van der Waals surface area contributed by atoms with E-state index in [2.05, 4.69) is 10.5 Å². The van der Waals surface area contributed by atoms with Crippen LogP contribution in [0.5, 0.6) is 5.75 Å². The van der Waals surface area contributed by atoms with E-state index in [-0.39, 0.29) is 5.91 Å². The molecule has 0 aliphatic heterocycles. The minimum atomic E-state index is -0.279. The van der Waals surface area contributed by atoms with Gasteiger partial charge in [0.1, 0.15) is 5.75 Å². The highest BCUT2D eigenvalue weighted by atomic mass is 32.2. The fraction of sp³-hybridized carbons (Fsp3) is 0.0833. The molecule has 0 atom stereocenters. The summed E-state index contributed by atoms with van der Waals surface area (Å²) >= 11 is 3.09. The lowest BCUT2D eigenvalue weighted by atomic mass is 10.2. The Morgan fingerprint density at radius 3 is 2.00 bits per heavy atom. The fourth-order valence-corrected chi connectivity index (χ4v) is 4.54. The number of nitrogens with one attached hydrogen (secondary N) is 1. The van der Waals surface area contributed by atoms with Gasteiger partial charge in [-0.05, 0) is 61.0 Å². The van der Waals surface area contributed by atoms with Crippen LogP contribution in [0.3, 0.4) is 0 Å². The van der Waals surface area contributed by atoms with Crippen LogP contribution >= 0.6 is 23.5 Å². The molecule has 0 heterocycles. The zero-order valence-electron chi connectivity index (χ0n) is 16.5. The predicted molar refractivity (Wildman–Crippen MR) is 126 cm³/mol. The monoisotopic (exact) mass is 434 g/mol. The Balaban J connectivity index is 1.65. The fourth-order valence-electron chi connectivity index (χ4n) is 2.42. The first-order valence-electron chi connectivity index (χ1n) is 9.46. The minimum Gasteiger partial charge on any atom is -0.494 e. The molecule has 4 nitrogen and oxygen atoms in total. The van der Waals surface area contributed by atoms with Gasteiger partial charge in [-0.25, -0.2) is 5.43 Å². The van der Waals surface area contributed by atoms with E-state index in [4.69, 9.17) is 4.74 Å². The first-order valence-corrected chi connectivity index (χ1v) is 11.1. The number of carbonyl (C=O) groups excluding carboxylic acids is 1. The van der Waals surface area contributed by atoms with Crippen LogP contribution in [-0.4, -0.2) is 18.7 Å². The summed E-state index contributed by atoms with van der Waals surface area (Å²) in [5.41, 5.74) is 3.44. The molecule has 30 heavy (non-hydrogen) atoms.